The van der Waals surface area contributed by atoms with Crippen molar-refractivity contribution in [3.8, 4) is 0 Å². The molecule has 0 unspecified atom stereocenters. The number of aromatic nitrogens is 3. The highest BCUT2D eigenvalue weighted by Gasteiger charge is 2.26. The average molecular weight is 218 g/mol. The molecule has 0 aromatic carbocycles. The number of nitrogens with two attached hydrogens (primary N) is 1. The molecule has 2 aromatic rings. The van der Waals surface area contributed by atoms with E-state index in [4.69, 9.17) is 5.73 Å². The summed E-state index contributed by atoms with van der Waals surface area (Å²) in [5.41, 5.74) is 7.14. The predicted octanol–water partition coefficient (Wildman–Crippen LogP) is 0.332. The third-order valence-electron chi connectivity index (χ3n) is 2.99. The Labute approximate surface area is 92.5 Å². The molecule has 0 atom stereocenters. The van der Waals surface area contributed by atoms with E-state index in [0.29, 0.717) is 24.5 Å². The van der Waals surface area contributed by atoms with E-state index in [-0.39, 0.29) is 5.56 Å². The first-order chi connectivity index (χ1) is 7.79. The molecule has 1 aliphatic rings. The molecule has 0 bridgehead atoms. The summed E-state index contributed by atoms with van der Waals surface area (Å²) in [5.74, 6) is 0.572. The standard InChI is InChI=1S/C11H14N4O/c12-3-4-14-5-6-15-10(11(14)16)7-9(13-15)8-1-2-8/h5-8H,1-4,12H2. The topological polar surface area (TPSA) is 65.3 Å². The molecule has 16 heavy (non-hydrogen) atoms. The monoisotopic (exact) mass is 218 g/mol. The van der Waals surface area contributed by atoms with E-state index in [2.05, 4.69) is 5.10 Å². The molecule has 5 nitrogen and oxygen atoms in total. The van der Waals surface area contributed by atoms with Crippen LogP contribution >= 0.6 is 0 Å². The Morgan fingerprint density at radius 3 is 2.94 bits per heavy atom. The molecule has 1 saturated carbocycles. The zero-order valence-electron chi connectivity index (χ0n) is 8.97. The molecule has 0 saturated heterocycles. The van der Waals surface area contributed by atoms with Gasteiger partial charge >= 0.3 is 0 Å². The SMILES string of the molecule is NCCn1ccn2nc(C3CC3)cc2c1=O. The Hall–Kier alpha value is -1.62. The van der Waals surface area contributed by atoms with Crippen molar-refractivity contribution in [2.75, 3.05) is 6.54 Å². The lowest BCUT2D eigenvalue weighted by Gasteiger charge is -2.02. The van der Waals surface area contributed by atoms with Crippen LogP contribution in [0.2, 0.25) is 0 Å². The second-order valence-corrected chi connectivity index (χ2v) is 4.26. The van der Waals surface area contributed by atoms with Gasteiger partial charge in [-0.15, -0.1) is 0 Å². The van der Waals surface area contributed by atoms with Gasteiger partial charge in [0.1, 0.15) is 5.52 Å². The zero-order chi connectivity index (χ0) is 11.1. The summed E-state index contributed by atoms with van der Waals surface area (Å²) in [6, 6.07) is 1.91. The minimum absolute atomic E-state index is 0.00708. The Morgan fingerprint density at radius 2 is 2.25 bits per heavy atom. The normalized spacial score (nSPS) is 15.8. The summed E-state index contributed by atoms with van der Waals surface area (Å²) < 4.78 is 3.30. The fourth-order valence-corrected chi connectivity index (χ4v) is 1.94. The average Bonchev–Trinajstić information content (AvgIpc) is 3.03. The van der Waals surface area contributed by atoms with Crippen LogP contribution in [0.4, 0.5) is 0 Å². The maximum atomic E-state index is 12.0. The fraction of sp³-hybridized carbons (Fsp3) is 0.455. The third-order valence-corrected chi connectivity index (χ3v) is 2.99. The summed E-state index contributed by atoms with van der Waals surface area (Å²) in [6.07, 6.45) is 5.95. The molecule has 2 N–H and O–H groups in total. The fourth-order valence-electron chi connectivity index (χ4n) is 1.94. The maximum Gasteiger partial charge on any atom is 0.276 e. The highest BCUT2D eigenvalue weighted by atomic mass is 16.1. The summed E-state index contributed by atoms with van der Waals surface area (Å²) in [4.78, 5) is 12.0. The van der Waals surface area contributed by atoms with Crippen molar-refractivity contribution in [2.24, 2.45) is 5.73 Å². The minimum Gasteiger partial charge on any atom is -0.329 e. The molecule has 1 fully saturated rings. The van der Waals surface area contributed by atoms with Crippen molar-refractivity contribution >= 4 is 5.52 Å². The number of hydrogen-bond donors (Lipinski definition) is 1. The van der Waals surface area contributed by atoms with E-state index >= 15 is 0 Å². The smallest absolute Gasteiger partial charge is 0.276 e. The van der Waals surface area contributed by atoms with Crippen molar-refractivity contribution in [3.63, 3.8) is 0 Å². The van der Waals surface area contributed by atoms with E-state index in [9.17, 15) is 4.79 Å². The third kappa shape index (κ3) is 1.44. The van der Waals surface area contributed by atoms with E-state index in [0.717, 1.165) is 5.69 Å². The second kappa shape index (κ2) is 3.45. The van der Waals surface area contributed by atoms with Gasteiger partial charge in [0.15, 0.2) is 0 Å². The molecule has 0 radical (unpaired) electrons. The van der Waals surface area contributed by atoms with Crippen LogP contribution in [0, 0.1) is 0 Å². The molecule has 2 heterocycles. The highest BCUT2D eigenvalue weighted by Crippen LogP contribution is 2.39. The number of nitrogens with zero attached hydrogens (tertiary/aromatic N) is 3. The number of rotatable bonds is 3. The maximum absolute atomic E-state index is 12.0. The predicted molar refractivity (Wildman–Crippen MR) is 60.5 cm³/mol. The van der Waals surface area contributed by atoms with Gasteiger partial charge in [-0.3, -0.25) is 4.79 Å². The molecule has 5 heteroatoms. The van der Waals surface area contributed by atoms with E-state index in [1.54, 1.807) is 15.3 Å². The second-order valence-electron chi connectivity index (χ2n) is 4.26. The first kappa shape index (κ1) is 9.59. The van der Waals surface area contributed by atoms with Crippen LogP contribution < -0.4 is 11.3 Å². The van der Waals surface area contributed by atoms with Gasteiger partial charge in [-0.1, -0.05) is 0 Å². The molecular formula is C11H14N4O. The van der Waals surface area contributed by atoms with Crippen LogP contribution in [-0.2, 0) is 6.54 Å². The van der Waals surface area contributed by atoms with Gasteiger partial charge in [-0.25, -0.2) is 4.52 Å². The van der Waals surface area contributed by atoms with Gasteiger partial charge in [0.25, 0.3) is 5.56 Å². The first-order valence-corrected chi connectivity index (χ1v) is 5.58. The van der Waals surface area contributed by atoms with E-state index in [1.807, 2.05) is 12.3 Å². The lowest BCUT2D eigenvalue weighted by molar-refractivity contribution is 0.672. The summed E-state index contributed by atoms with van der Waals surface area (Å²) in [5, 5.41) is 4.41. The van der Waals surface area contributed by atoms with Crippen LogP contribution in [0.15, 0.2) is 23.3 Å². The van der Waals surface area contributed by atoms with Crippen LogP contribution in [0.1, 0.15) is 24.5 Å². The quantitative estimate of drug-likeness (QED) is 0.807. The van der Waals surface area contributed by atoms with E-state index in [1.165, 1.54) is 12.8 Å². The van der Waals surface area contributed by atoms with Crippen molar-refractivity contribution < 1.29 is 0 Å². The lowest BCUT2D eigenvalue weighted by atomic mass is 10.3. The molecule has 0 spiro atoms. The van der Waals surface area contributed by atoms with Gasteiger partial charge in [0.2, 0.25) is 0 Å². The first-order valence-electron chi connectivity index (χ1n) is 5.58. The van der Waals surface area contributed by atoms with Crippen LogP contribution in [0.5, 0.6) is 0 Å². The largest absolute Gasteiger partial charge is 0.329 e. The molecule has 2 aromatic heterocycles. The summed E-state index contributed by atoms with van der Waals surface area (Å²) in [6.45, 7) is 1.03. The Bertz CT molecular complexity index is 579. The lowest BCUT2D eigenvalue weighted by Crippen LogP contribution is -2.24. The van der Waals surface area contributed by atoms with Gasteiger partial charge in [-0.05, 0) is 18.9 Å². The molecule has 84 valence electrons. The zero-order valence-corrected chi connectivity index (χ0v) is 8.97. The molecule has 0 amide bonds. The number of fused-ring (bicyclic) bond motifs is 1. The Kier molecular flexibility index (Phi) is 2.07. The molecule has 1 aliphatic carbocycles. The van der Waals surface area contributed by atoms with Crippen molar-refractivity contribution in [2.45, 2.75) is 25.3 Å². The molecular weight excluding hydrogens is 204 g/mol. The molecule has 0 aliphatic heterocycles. The van der Waals surface area contributed by atoms with Gasteiger partial charge in [0.05, 0.1) is 5.69 Å². The molecule has 3 rings (SSSR count). The van der Waals surface area contributed by atoms with E-state index < -0.39 is 0 Å². The number of hydrogen-bond acceptors (Lipinski definition) is 3. The van der Waals surface area contributed by atoms with Crippen LogP contribution in [0.3, 0.4) is 0 Å². The van der Waals surface area contributed by atoms with Crippen LogP contribution in [0.25, 0.3) is 5.52 Å². The van der Waals surface area contributed by atoms with Crippen molar-refractivity contribution in [1.29, 1.82) is 0 Å². The van der Waals surface area contributed by atoms with Gasteiger partial charge < -0.3 is 10.3 Å². The summed E-state index contributed by atoms with van der Waals surface area (Å²) in [7, 11) is 0. The van der Waals surface area contributed by atoms with Crippen molar-refractivity contribution in [1.82, 2.24) is 14.2 Å². The van der Waals surface area contributed by atoms with Gasteiger partial charge in [-0.2, -0.15) is 5.10 Å². The van der Waals surface area contributed by atoms with Gasteiger partial charge in [0, 0.05) is 31.4 Å². The minimum atomic E-state index is -0.00708. The van der Waals surface area contributed by atoms with Crippen LogP contribution in [-0.4, -0.2) is 20.7 Å². The summed E-state index contributed by atoms with van der Waals surface area (Å²) >= 11 is 0. The van der Waals surface area contributed by atoms with Crippen molar-refractivity contribution in [3.05, 3.63) is 34.5 Å². The Morgan fingerprint density at radius 1 is 1.44 bits per heavy atom. The Balaban J connectivity index is 2.15. The highest BCUT2D eigenvalue weighted by molar-refractivity contribution is 5.46.